The van der Waals surface area contributed by atoms with Gasteiger partial charge in [0.05, 0.1) is 36.6 Å². The number of aliphatic hydroxyl groups excluding tert-OH is 1. The molecule has 0 aromatic rings. The molecular formula is C38H61NO9. The molecule has 2 heterocycles. The van der Waals surface area contributed by atoms with Crippen LogP contribution in [0, 0.1) is 39.9 Å². The van der Waals surface area contributed by atoms with Crippen molar-refractivity contribution in [2.75, 3.05) is 6.61 Å². The summed E-state index contributed by atoms with van der Waals surface area (Å²) in [5.74, 6) is -1.27. The van der Waals surface area contributed by atoms with Gasteiger partial charge < -0.3 is 39.2 Å². The number of esters is 1. The zero-order valence-corrected chi connectivity index (χ0v) is 31.2. The second-order valence-electron chi connectivity index (χ2n) is 17.9. The van der Waals surface area contributed by atoms with Crippen LogP contribution >= 0.6 is 0 Å². The first-order valence-corrected chi connectivity index (χ1v) is 17.9. The van der Waals surface area contributed by atoms with Crippen LogP contribution in [-0.2, 0) is 28.5 Å². The van der Waals surface area contributed by atoms with Crippen LogP contribution in [0.5, 0.6) is 0 Å². The van der Waals surface area contributed by atoms with E-state index >= 15 is 0 Å². The third kappa shape index (κ3) is 5.75. The molecule has 272 valence electrons. The molecule has 0 spiro atoms. The summed E-state index contributed by atoms with van der Waals surface area (Å²) in [5, 5.41) is 27.2. The lowest BCUT2D eigenvalue weighted by atomic mass is 9.39. The molecule has 1 amide bonds. The van der Waals surface area contributed by atoms with Crippen molar-refractivity contribution in [1.82, 2.24) is 5.32 Å². The lowest BCUT2D eigenvalue weighted by molar-refractivity contribution is -0.383. The van der Waals surface area contributed by atoms with E-state index in [1.54, 1.807) is 26.8 Å². The number of ether oxygens (including phenoxy) is 5. The molecule has 2 bridgehead atoms. The van der Waals surface area contributed by atoms with Crippen molar-refractivity contribution in [3.8, 4) is 0 Å². The molecule has 3 aliphatic carbocycles. The largest absolute Gasteiger partial charge is 0.456 e. The standard InChI is InChI=1S/C38H61NO9/c1-14-27-46-26-16-25-36(12,18-44-25)30-22(6)38(43)17-24(20(4)28(35(38,10)11)21(5)31(47-27)37(26,30)13)45-32(41)29(40)23(15-19(2)3)39-33(42)48-34(7,8)9/h14,19,21-27,29-31,40,43H,1,15-18H2,2-13H3,(H,39,42)/t21-,22-,23-,24-,25+,26-,27?,29+,30+,31-,36+,37+,38+/m0/s1. The Bertz CT molecular complexity index is 1320. The summed E-state index contributed by atoms with van der Waals surface area (Å²) >= 11 is 0. The van der Waals surface area contributed by atoms with E-state index in [-0.39, 0.29) is 53.8 Å². The number of hydrogen-bond acceptors (Lipinski definition) is 9. The monoisotopic (exact) mass is 675 g/mol. The highest BCUT2D eigenvalue weighted by atomic mass is 16.7. The zero-order chi connectivity index (χ0) is 35.9. The normalized spacial score (nSPS) is 43.0. The third-order valence-corrected chi connectivity index (χ3v) is 12.8. The fourth-order valence-electron chi connectivity index (χ4n) is 10.8. The van der Waals surface area contributed by atoms with Gasteiger partial charge in [-0.3, -0.25) is 0 Å². The lowest BCUT2D eigenvalue weighted by Crippen LogP contribution is -2.77. The summed E-state index contributed by atoms with van der Waals surface area (Å²) in [7, 11) is 0. The van der Waals surface area contributed by atoms with Crippen LogP contribution in [0.1, 0.15) is 102 Å². The first-order chi connectivity index (χ1) is 22.0. The number of amides is 1. The van der Waals surface area contributed by atoms with Gasteiger partial charge in [-0.15, -0.1) is 0 Å². The molecule has 10 heteroatoms. The molecule has 48 heavy (non-hydrogen) atoms. The average Bonchev–Trinajstić information content (AvgIpc) is 2.95. The Labute approximate surface area is 287 Å². The molecular weight excluding hydrogens is 614 g/mol. The number of fused-ring (bicyclic) bond motifs is 4. The van der Waals surface area contributed by atoms with Crippen molar-refractivity contribution in [3.05, 3.63) is 23.8 Å². The summed E-state index contributed by atoms with van der Waals surface area (Å²) in [4.78, 5) is 26.5. The maximum Gasteiger partial charge on any atom is 0.407 e. The number of carbonyl (C=O) groups is 2. The predicted octanol–water partition coefficient (Wildman–Crippen LogP) is 5.69. The molecule has 0 aromatic carbocycles. The Hall–Kier alpha value is -1.98. The quantitative estimate of drug-likeness (QED) is 0.230. The minimum absolute atomic E-state index is 0.00633. The van der Waals surface area contributed by atoms with Gasteiger partial charge in [-0.1, -0.05) is 67.5 Å². The van der Waals surface area contributed by atoms with E-state index in [1.165, 1.54) is 0 Å². The molecule has 0 aromatic heterocycles. The van der Waals surface area contributed by atoms with Crippen LogP contribution in [0.15, 0.2) is 23.8 Å². The van der Waals surface area contributed by atoms with E-state index in [1.807, 2.05) is 20.8 Å². The molecule has 3 N–H and O–H groups in total. The molecule has 2 saturated carbocycles. The SMILES string of the molecule is C=CC1O[C@H]2C[C@H]3OC[C@@]3(C)[C@H]3[C@H](C)[C@]4(O)C[C@H](OC(=O)[C@H](O)[C@H](CC(C)C)NC(=O)OC(C)(C)C)C(C)=C([C@H](C)[C@H](O1)[C@]23C)C4(C)C. The molecule has 10 nitrogen and oxygen atoms in total. The van der Waals surface area contributed by atoms with Crippen molar-refractivity contribution < 1.29 is 43.5 Å². The smallest absolute Gasteiger partial charge is 0.407 e. The minimum Gasteiger partial charge on any atom is -0.456 e. The Morgan fingerprint density at radius 2 is 1.77 bits per heavy atom. The summed E-state index contributed by atoms with van der Waals surface area (Å²) in [6, 6.07) is -0.923. The van der Waals surface area contributed by atoms with Gasteiger partial charge >= 0.3 is 12.1 Å². The Balaban J connectivity index is 1.54. The Morgan fingerprint density at radius 3 is 2.31 bits per heavy atom. The Morgan fingerprint density at radius 1 is 1.12 bits per heavy atom. The van der Waals surface area contributed by atoms with E-state index in [2.05, 4.69) is 53.4 Å². The van der Waals surface area contributed by atoms with E-state index in [9.17, 15) is 19.8 Å². The van der Waals surface area contributed by atoms with Crippen LogP contribution in [0.3, 0.4) is 0 Å². The number of aliphatic hydroxyl groups is 2. The first kappa shape index (κ1) is 37.3. The van der Waals surface area contributed by atoms with Gasteiger partial charge in [-0.05, 0) is 63.5 Å². The number of nitrogens with one attached hydrogen (secondary N) is 1. The van der Waals surface area contributed by atoms with Crippen molar-refractivity contribution in [1.29, 1.82) is 0 Å². The van der Waals surface area contributed by atoms with Crippen molar-refractivity contribution in [2.45, 2.75) is 156 Å². The van der Waals surface area contributed by atoms with E-state index in [0.717, 1.165) is 17.6 Å². The van der Waals surface area contributed by atoms with Crippen molar-refractivity contribution in [3.63, 3.8) is 0 Å². The summed E-state index contributed by atoms with van der Waals surface area (Å²) in [5.41, 5.74) is -1.56. The summed E-state index contributed by atoms with van der Waals surface area (Å²) < 4.78 is 31.1. The van der Waals surface area contributed by atoms with Gasteiger partial charge in [0, 0.05) is 35.0 Å². The van der Waals surface area contributed by atoms with Crippen molar-refractivity contribution >= 4 is 12.1 Å². The molecule has 1 unspecified atom stereocenters. The maximum atomic E-state index is 13.8. The molecule has 5 rings (SSSR count). The van der Waals surface area contributed by atoms with E-state index in [0.29, 0.717) is 13.0 Å². The summed E-state index contributed by atoms with van der Waals surface area (Å²) in [6.07, 6.45) is -1.22. The highest BCUT2D eigenvalue weighted by molar-refractivity contribution is 5.77. The summed E-state index contributed by atoms with van der Waals surface area (Å²) in [6.45, 7) is 28.7. The van der Waals surface area contributed by atoms with Gasteiger partial charge in [-0.25, -0.2) is 9.59 Å². The van der Waals surface area contributed by atoms with Gasteiger partial charge in [0.25, 0.3) is 0 Å². The van der Waals surface area contributed by atoms with Crippen LogP contribution < -0.4 is 5.32 Å². The zero-order valence-electron chi connectivity index (χ0n) is 31.2. The topological polar surface area (TPSA) is 133 Å². The number of carbonyl (C=O) groups excluding carboxylic acids is 2. The van der Waals surface area contributed by atoms with Gasteiger partial charge in [0.15, 0.2) is 12.4 Å². The lowest BCUT2D eigenvalue weighted by Gasteiger charge is -2.72. The molecule has 5 aliphatic rings. The first-order valence-electron chi connectivity index (χ1n) is 17.9. The highest BCUT2D eigenvalue weighted by Crippen LogP contribution is 2.70. The number of alkyl carbamates (subject to hydrolysis) is 1. The second kappa shape index (κ2) is 12.4. The Kier molecular flexibility index (Phi) is 9.60. The average molecular weight is 676 g/mol. The number of rotatable bonds is 7. The fraction of sp³-hybridized carbons (Fsp3) is 0.842. The fourth-order valence-corrected chi connectivity index (χ4v) is 10.8. The molecule has 13 atom stereocenters. The maximum absolute atomic E-state index is 13.8. The van der Waals surface area contributed by atoms with Gasteiger partial charge in [0.2, 0.25) is 0 Å². The van der Waals surface area contributed by atoms with Crippen molar-refractivity contribution in [2.24, 2.45) is 39.9 Å². The van der Waals surface area contributed by atoms with Gasteiger partial charge in [0.1, 0.15) is 11.7 Å². The van der Waals surface area contributed by atoms with Crippen LogP contribution in [-0.4, -0.2) is 82.9 Å². The highest BCUT2D eigenvalue weighted by Gasteiger charge is 2.74. The third-order valence-electron chi connectivity index (χ3n) is 12.8. The minimum atomic E-state index is -1.64. The van der Waals surface area contributed by atoms with Crippen LogP contribution in [0.4, 0.5) is 4.79 Å². The van der Waals surface area contributed by atoms with Crippen LogP contribution in [0.2, 0.25) is 0 Å². The molecule has 2 saturated heterocycles. The molecule has 4 fully saturated rings. The second-order valence-corrected chi connectivity index (χ2v) is 17.9. The molecule has 2 aliphatic heterocycles. The predicted molar refractivity (Wildman–Crippen MR) is 181 cm³/mol. The molecule has 0 radical (unpaired) electrons. The number of hydrogen-bond donors (Lipinski definition) is 3. The van der Waals surface area contributed by atoms with Crippen LogP contribution in [0.25, 0.3) is 0 Å². The van der Waals surface area contributed by atoms with E-state index < -0.39 is 58.6 Å². The van der Waals surface area contributed by atoms with E-state index in [4.69, 9.17) is 23.7 Å². The van der Waals surface area contributed by atoms with Gasteiger partial charge in [-0.2, -0.15) is 0 Å².